The van der Waals surface area contributed by atoms with E-state index in [0.29, 0.717) is 50.0 Å². The number of hydrogen-bond acceptors (Lipinski definition) is 6. The third-order valence-corrected chi connectivity index (χ3v) is 5.99. The number of benzene rings is 2. The third-order valence-electron chi connectivity index (χ3n) is 4.33. The van der Waals surface area contributed by atoms with E-state index in [0.717, 1.165) is 5.56 Å². The van der Waals surface area contributed by atoms with E-state index in [9.17, 15) is 10.1 Å². The maximum atomic E-state index is 12.5. The number of carbonyl (C=O) groups excluding carboxylic acids is 1. The molecule has 1 fully saturated rings. The number of carbonyl (C=O) groups is 1. The lowest BCUT2D eigenvalue weighted by Gasteiger charge is -2.15. The monoisotopic (exact) mass is 458 g/mol. The molecule has 0 N–H and O–H groups in total. The largest absolute Gasteiger partial charge is 0.490 e. The molecular formula is C22H19ClN2O3S2. The molecule has 1 heterocycles. The van der Waals surface area contributed by atoms with Crippen molar-refractivity contribution in [3.63, 3.8) is 0 Å². The average molecular weight is 459 g/mol. The van der Waals surface area contributed by atoms with Crippen molar-refractivity contribution < 1.29 is 14.3 Å². The van der Waals surface area contributed by atoms with Crippen LogP contribution in [0.2, 0.25) is 5.02 Å². The van der Waals surface area contributed by atoms with E-state index in [2.05, 4.69) is 6.07 Å². The number of halogens is 1. The van der Waals surface area contributed by atoms with Gasteiger partial charge in [0.15, 0.2) is 11.5 Å². The molecule has 1 amide bonds. The highest BCUT2D eigenvalue weighted by Crippen LogP contribution is 2.39. The van der Waals surface area contributed by atoms with Gasteiger partial charge in [-0.15, -0.1) is 0 Å². The van der Waals surface area contributed by atoms with Crippen LogP contribution in [0.3, 0.4) is 0 Å². The summed E-state index contributed by atoms with van der Waals surface area (Å²) in [5.41, 5.74) is 2.01. The Labute approximate surface area is 190 Å². The zero-order chi connectivity index (χ0) is 21.7. The summed E-state index contributed by atoms with van der Waals surface area (Å²) in [5, 5.41) is 9.61. The van der Waals surface area contributed by atoms with Gasteiger partial charge in [-0.3, -0.25) is 9.69 Å². The van der Waals surface area contributed by atoms with E-state index in [1.807, 2.05) is 26.0 Å². The van der Waals surface area contributed by atoms with E-state index in [-0.39, 0.29) is 12.5 Å². The molecule has 0 radical (unpaired) electrons. The van der Waals surface area contributed by atoms with Gasteiger partial charge in [-0.25, -0.2) is 0 Å². The normalized spacial score (nSPS) is 14.9. The molecule has 5 nitrogen and oxygen atoms in total. The number of nitrogens with zero attached hydrogens (tertiary/aromatic N) is 2. The minimum Gasteiger partial charge on any atom is -0.490 e. The van der Waals surface area contributed by atoms with Gasteiger partial charge in [0, 0.05) is 12.1 Å². The second kappa shape index (κ2) is 9.98. The Morgan fingerprint density at radius 2 is 2.03 bits per heavy atom. The second-order valence-electron chi connectivity index (χ2n) is 6.25. The molecule has 1 saturated heterocycles. The molecule has 1 aliphatic rings. The lowest BCUT2D eigenvalue weighted by atomic mass is 10.1. The summed E-state index contributed by atoms with van der Waals surface area (Å²) >= 11 is 13.0. The molecule has 0 spiro atoms. The number of rotatable bonds is 7. The van der Waals surface area contributed by atoms with E-state index >= 15 is 0 Å². The smallest absolute Gasteiger partial charge is 0.266 e. The van der Waals surface area contributed by atoms with Gasteiger partial charge in [0.2, 0.25) is 0 Å². The summed E-state index contributed by atoms with van der Waals surface area (Å²) in [7, 11) is 0. The zero-order valence-electron chi connectivity index (χ0n) is 16.5. The predicted octanol–water partition coefficient (Wildman–Crippen LogP) is 5.41. The molecular weight excluding hydrogens is 440 g/mol. The molecule has 0 saturated carbocycles. The van der Waals surface area contributed by atoms with Crippen molar-refractivity contribution in [2.45, 2.75) is 20.5 Å². The fourth-order valence-electron chi connectivity index (χ4n) is 2.90. The topological polar surface area (TPSA) is 62.6 Å². The van der Waals surface area contributed by atoms with Crippen LogP contribution < -0.4 is 9.47 Å². The minimum absolute atomic E-state index is 0.116. The number of thiocarbonyl (C=S) groups is 1. The second-order valence-corrected chi connectivity index (χ2v) is 8.33. The molecule has 154 valence electrons. The van der Waals surface area contributed by atoms with Crippen molar-refractivity contribution >= 4 is 51.9 Å². The van der Waals surface area contributed by atoms with Crippen molar-refractivity contribution in [2.75, 3.05) is 13.2 Å². The van der Waals surface area contributed by atoms with E-state index in [1.54, 1.807) is 35.2 Å². The Bertz CT molecular complexity index is 1060. The van der Waals surface area contributed by atoms with Crippen molar-refractivity contribution in [1.82, 2.24) is 4.90 Å². The quantitative estimate of drug-likeness (QED) is 0.408. The van der Waals surface area contributed by atoms with Crippen LogP contribution in [0.25, 0.3) is 6.08 Å². The van der Waals surface area contributed by atoms with Crippen LogP contribution in [-0.2, 0) is 11.4 Å². The summed E-state index contributed by atoms with van der Waals surface area (Å²) in [6.45, 7) is 4.88. The van der Waals surface area contributed by atoms with Crippen LogP contribution in [0.15, 0.2) is 41.3 Å². The molecule has 1 aliphatic heterocycles. The van der Waals surface area contributed by atoms with Crippen LogP contribution in [0.5, 0.6) is 11.5 Å². The van der Waals surface area contributed by atoms with Gasteiger partial charge >= 0.3 is 0 Å². The number of likely N-dealkylation sites (N-methyl/N-ethyl adjacent to an activating group) is 1. The maximum Gasteiger partial charge on any atom is 0.266 e. The Morgan fingerprint density at radius 3 is 2.70 bits per heavy atom. The Hall–Kier alpha value is -2.53. The highest BCUT2D eigenvalue weighted by Gasteiger charge is 2.30. The summed E-state index contributed by atoms with van der Waals surface area (Å²) in [4.78, 5) is 14.6. The molecule has 0 bridgehead atoms. The number of thioether (sulfide) groups is 1. The fraction of sp³-hybridized carbons (Fsp3) is 0.227. The Balaban J connectivity index is 1.89. The Morgan fingerprint density at radius 1 is 1.27 bits per heavy atom. The van der Waals surface area contributed by atoms with Crippen molar-refractivity contribution in [3.8, 4) is 17.6 Å². The van der Waals surface area contributed by atoms with Crippen LogP contribution in [0, 0.1) is 11.3 Å². The van der Waals surface area contributed by atoms with Gasteiger partial charge in [0.1, 0.15) is 10.9 Å². The van der Waals surface area contributed by atoms with E-state index in [1.165, 1.54) is 11.8 Å². The standard InChI is InChI=1S/C22H19ClN2O3S2/c1-3-25-21(26)19(30-22(25)29)11-14-9-17(23)20(18(10-14)27-4-2)28-13-16-8-6-5-7-15(16)12-24/h5-11H,3-4,13H2,1-2H3/b19-11-. The lowest BCUT2D eigenvalue weighted by molar-refractivity contribution is -0.121. The first kappa shape index (κ1) is 22.2. The first-order valence-corrected chi connectivity index (χ1v) is 10.9. The molecule has 30 heavy (non-hydrogen) atoms. The summed E-state index contributed by atoms with van der Waals surface area (Å²) < 4.78 is 12.2. The molecule has 2 aromatic carbocycles. The van der Waals surface area contributed by atoms with Crippen molar-refractivity contribution in [2.24, 2.45) is 0 Å². The summed E-state index contributed by atoms with van der Waals surface area (Å²) in [6.07, 6.45) is 1.75. The fourth-order valence-corrected chi connectivity index (χ4v) is 4.56. The highest BCUT2D eigenvalue weighted by atomic mass is 35.5. The van der Waals surface area contributed by atoms with Crippen LogP contribution >= 0.6 is 35.6 Å². The molecule has 0 aromatic heterocycles. The van der Waals surface area contributed by atoms with Gasteiger partial charge in [-0.1, -0.05) is 53.8 Å². The number of amides is 1. The van der Waals surface area contributed by atoms with Gasteiger partial charge in [0.05, 0.1) is 28.2 Å². The first-order chi connectivity index (χ1) is 14.5. The number of nitriles is 1. The zero-order valence-corrected chi connectivity index (χ0v) is 18.9. The van der Waals surface area contributed by atoms with Crippen LogP contribution in [0.1, 0.15) is 30.5 Å². The molecule has 0 atom stereocenters. The predicted molar refractivity (Wildman–Crippen MR) is 124 cm³/mol. The SMILES string of the molecule is CCOc1cc(/C=C2\SC(=S)N(CC)C2=O)cc(Cl)c1OCc1ccccc1C#N. The molecule has 0 aliphatic carbocycles. The van der Waals surface area contributed by atoms with Crippen molar-refractivity contribution in [1.29, 1.82) is 5.26 Å². The summed E-state index contributed by atoms with van der Waals surface area (Å²) in [5.74, 6) is 0.746. The lowest BCUT2D eigenvalue weighted by Crippen LogP contribution is -2.27. The van der Waals surface area contributed by atoms with E-state index in [4.69, 9.17) is 33.3 Å². The Kier molecular flexibility index (Phi) is 7.38. The molecule has 8 heteroatoms. The van der Waals surface area contributed by atoms with Gasteiger partial charge in [0.25, 0.3) is 5.91 Å². The molecule has 2 aromatic rings. The van der Waals surface area contributed by atoms with Gasteiger partial charge in [-0.05, 0) is 43.7 Å². The van der Waals surface area contributed by atoms with Gasteiger partial charge < -0.3 is 9.47 Å². The highest BCUT2D eigenvalue weighted by molar-refractivity contribution is 8.26. The van der Waals surface area contributed by atoms with Crippen LogP contribution in [0.4, 0.5) is 0 Å². The minimum atomic E-state index is -0.116. The maximum absolute atomic E-state index is 12.5. The van der Waals surface area contributed by atoms with Gasteiger partial charge in [-0.2, -0.15) is 5.26 Å². The summed E-state index contributed by atoms with van der Waals surface area (Å²) in [6, 6.07) is 12.9. The van der Waals surface area contributed by atoms with E-state index < -0.39 is 0 Å². The first-order valence-electron chi connectivity index (χ1n) is 9.31. The molecule has 3 rings (SSSR count). The third kappa shape index (κ3) is 4.78. The van der Waals surface area contributed by atoms with Crippen LogP contribution in [-0.4, -0.2) is 28.3 Å². The van der Waals surface area contributed by atoms with Crippen molar-refractivity contribution in [3.05, 3.63) is 63.0 Å². The average Bonchev–Trinajstić information content (AvgIpc) is 3.00. The number of ether oxygens (including phenoxy) is 2. The molecule has 0 unspecified atom stereocenters. The number of hydrogen-bond donors (Lipinski definition) is 0.